The van der Waals surface area contributed by atoms with E-state index in [2.05, 4.69) is 0 Å². The lowest BCUT2D eigenvalue weighted by Crippen LogP contribution is -2.58. The number of hydrogen-bond acceptors (Lipinski definition) is 6. The topological polar surface area (TPSA) is 112 Å². The monoisotopic (exact) mass is 649 g/mol. The fourth-order valence-corrected chi connectivity index (χ4v) is 9.11. The second kappa shape index (κ2) is 11.8. The standard InChI is InChI=1S/C42H35NO6/c44-29-15-11-25(12-16-29)21-22-43-40(48)32-20-19-31-34(37(32)41(43)49)23-35-39(47)33(26-7-3-1-4-8-26)24-36(46)42(35,28-9-5-2-6-10-28)38(31)27-13-17-30(45)18-14-27/h1-19,24,32,34-35,37-38,44-45H,20-23H2/t32-,34+,35-,37-,38-,42-/m0/s1. The molecule has 7 nitrogen and oxygen atoms in total. The molecule has 244 valence electrons. The van der Waals surface area contributed by atoms with E-state index in [0.29, 0.717) is 24.0 Å². The van der Waals surface area contributed by atoms with Gasteiger partial charge < -0.3 is 10.2 Å². The SMILES string of the molecule is O=C1C(c2ccccc2)=CC(=O)[C@@]2(c3ccccc3)[C@@H](c3ccc(O)cc3)C3=CC[C@@H]4C(=O)N(CCc5ccc(O)cc5)C(=O)[C@@H]4[C@@H]3C[C@@H]12. The minimum Gasteiger partial charge on any atom is -0.508 e. The van der Waals surface area contributed by atoms with Crippen molar-refractivity contribution in [3.63, 3.8) is 0 Å². The van der Waals surface area contributed by atoms with Crippen LogP contribution in [0.25, 0.3) is 5.57 Å². The van der Waals surface area contributed by atoms with Crippen LogP contribution in [0.2, 0.25) is 0 Å². The number of phenols is 2. The molecule has 0 bridgehead atoms. The molecular weight excluding hydrogens is 614 g/mol. The number of carbonyl (C=O) groups is 4. The zero-order chi connectivity index (χ0) is 33.9. The summed E-state index contributed by atoms with van der Waals surface area (Å²) in [7, 11) is 0. The van der Waals surface area contributed by atoms with E-state index in [-0.39, 0.29) is 47.8 Å². The van der Waals surface area contributed by atoms with Crippen LogP contribution in [-0.2, 0) is 31.0 Å². The quantitative estimate of drug-likeness (QED) is 0.191. The lowest BCUT2D eigenvalue weighted by Gasteiger charge is -2.55. The molecule has 8 rings (SSSR count). The largest absolute Gasteiger partial charge is 0.508 e. The summed E-state index contributed by atoms with van der Waals surface area (Å²) in [5.41, 5.74) is 3.01. The molecule has 0 radical (unpaired) electrons. The number of ketones is 2. The molecular formula is C42H35NO6. The summed E-state index contributed by atoms with van der Waals surface area (Å²) in [5.74, 6) is -3.62. The van der Waals surface area contributed by atoms with Gasteiger partial charge in [0.25, 0.3) is 0 Å². The average Bonchev–Trinajstić information content (AvgIpc) is 3.38. The van der Waals surface area contributed by atoms with E-state index in [0.717, 1.165) is 22.3 Å². The van der Waals surface area contributed by atoms with E-state index in [1.54, 1.807) is 48.5 Å². The Morgan fingerprint density at radius 3 is 2.02 bits per heavy atom. The summed E-state index contributed by atoms with van der Waals surface area (Å²) in [5, 5.41) is 20.0. The van der Waals surface area contributed by atoms with Crippen LogP contribution in [0.4, 0.5) is 0 Å². The Balaban J connectivity index is 1.27. The van der Waals surface area contributed by atoms with E-state index < -0.39 is 35.0 Å². The van der Waals surface area contributed by atoms with Crippen LogP contribution in [0.3, 0.4) is 0 Å². The number of likely N-dealkylation sites (tertiary alicyclic amines) is 1. The van der Waals surface area contributed by atoms with Gasteiger partial charge >= 0.3 is 0 Å². The summed E-state index contributed by atoms with van der Waals surface area (Å²) in [4.78, 5) is 59.5. The summed E-state index contributed by atoms with van der Waals surface area (Å²) in [6.45, 7) is 0.217. The first-order valence-corrected chi connectivity index (χ1v) is 16.8. The van der Waals surface area contributed by atoms with Crippen molar-refractivity contribution in [2.75, 3.05) is 6.54 Å². The van der Waals surface area contributed by atoms with Gasteiger partial charge in [0.15, 0.2) is 11.6 Å². The van der Waals surface area contributed by atoms with Gasteiger partial charge in [0, 0.05) is 24.0 Å². The zero-order valence-corrected chi connectivity index (χ0v) is 26.7. The van der Waals surface area contributed by atoms with Crippen molar-refractivity contribution in [2.45, 2.75) is 30.6 Å². The Labute approximate surface area is 284 Å². The smallest absolute Gasteiger partial charge is 0.233 e. The number of imide groups is 1. The fraction of sp³-hybridized carbons (Fsp3) is 0.238. The molecule has 0 aromatic heterocycles. The van der Waals surface area contributed by atoms with Crippen LogP contribution in [-0.4, -0.2) is 45.0 Å². The molecule has 1 aliphatic heterocycles. The van der Waals surface area contributed by atoms with Crippen molar-refractivity contribution in [1.29, 1.82) is 0 Å². The van der Waals surface area contributed by atoms with Crippen LogP contribution in [0.1, 0.15) is 41.0 Å². The van der Waals surface area contributed by atoms with Gasteiger partial charge in [-0.2, -0.15) is 0 Å². The van der Waals surface area contributed by atoms with Gasteiger partial charge in [-0.1, -0.05) is 96.6 Å². The number of aromatic hydroxyl groups is 2. The Kier molecular flexibility index (Phi) is 7.43. The number of rotatable bonds is 6. The van der Waals surface area contributed by atoms with Crippen molar-refractivity contribution in [3.05, 3.63) is 149 Å². The van der Waals surface area contributed by atoms with Gasteiger partial charge in [-0.05, 0) is 77.8 Å². The number of amides is 2. The van der Waals surface area contributed by atoms with Crippen molar-refractivity contribution >= 4 is 29.0 Å². The molecule has 1 heterocycles. The lowest BCUT2D eigenvalue weighted by atomic mass is 9.44. The number of benzene rings is 4. The highest BCUT2D eigenvalue weighted by Crippen LogP contribution is 2.63. The number of hydrogen-bond donors (Lipinski definition) is 2. The molecule has 4 aromatic carbocycles. The predicted octanol–water partition coefficient (Wildman–Crippen LogP) is 6.16. The van der Waals surface area contributed by atoms with E-state index in [1.807, 2.05) is 66.7 Å². The van der Waals surface area contributed by atoms with Crippen LogP contribution < -0.4 is 0 Å². The number of allylic oxidation sites excluding steroid dienone is 4. The van der Waals surface area contributed by atoms with Crippen molar-refractivity contribution < 1.29 is 29.4 Å². The Hall–Kier alpha value is -5.56. The van der Waals surface area contributed by atoms with Crippen LogP contribution >= 0.6 is 0 Å². The van der Waals surface area contributed by atoms with Crippen LogP contribution in [0, 0.1) is 23.7 Å². The first-order valence-electron chi connectivity index (χ1n) is 16.8. The van der Waals surface area contributed by atoms with E-state index >= 15 is 0 Å². The molecule has 6 atom stereocenters. The van der Waals surface area contributed by atoms with Gasteiger partial charge in [-0.25, -0.2) is 0 Å². The third-order valence-corrected chi connectivity index (χ3v) is 11.3. The number of nitrogens with zero attached hydrogens (tertiary/aromatic N) is 1. The Morgan fingerprint density at radius 2 is 1.35 bits per heavy atom. The van der Waals surface area contributed by atoms with Crippen molar-refractivity contribution in [1.82, 2.24) is 4.90 Å². The van der Waals surface area contributed by atoms with Crippen LogP contribution in [0.15, 0.2) is 127 Å². The highest BCUT2D eigenvalue weighted by molar-refractivity contribution is 6.31. The number of carbonyl (C=O) groups excluding carboxylic acids is 4. The molecule has 4 aromatic rings. The summed E-state index contributed by atoms with van der Waals surface area (Å²) >= 11 is 0. The highest BCUT2D eigenvalue weighted by Gasteiger charge is 2.65. The zero-order valence-electron chi connectivity index (χ0n) is 26.7. The summed E-state index contributed by atoms with van der Waals surface area (Å²) < 4.78 is 0. The second-order valence-corrected chi connectivity index (χ2v) is 13.6. The predicted molar refractivity (Wildman–Crippen MR) is 183 cm³/mol. The molecule has 49 heavy (non-hydrogen) atoms. The maximum atomic E-state index is 15.0. The van der Waals surface area contributed by atoms with Gasteiger partial charge in [-0.15, -0.1) is 0 Å². The Morgan fingerprint density at radius 1 is 0.714 bits per heavy atom. The molecule has 4 aliphatic rings. The molecule has 2 N–H and O–H groups in total. The number of Topliss-reactive ketones (excluding diaryl/α,β-unsaturated/α-hetero) is 1. The summed E-state index contributed by atoms with van der Waals surface area (Å²) in [6.07, 6.45) is 4.62. The maximum Gasteiger partial charge on any atom is 0.233 e. The molecule has 0 unspecified atom stereocenters. The minimum absolute atomic E-state index is 0.0808. The summed E-state index contributed by atoms with van der Waals surface area (Å²) in [6, 6.07) is 32.2. The first kappa shape index (κ1) is 30.8. The van der Waals surface area contributed by atoms with Crippen molar-refractivity contribution in [3.8, 4) is 11.5 Å². The van der Waals surface area contributed by atoms with Crippen LogP contribution in [0.5, 0.6) is 11.5 Å². The molecule has 7 heteroatoms. The maximum absolute atomic E-state index is 15.0. The van der Waals surface area contributed by atoms with E-state index in [9.17, 15) is 29.4 Å². The van der Waals surface area contributed by atoms with Gasteiger partial charge in [0.05, 0.1) is 17.3 Å². The molecule has 2 fully saturated rings. The third kappa shape index (κ3) is 4.78. The second-order valence-electron chi connectivity index (χ2n) is 13.6. The van der Waals surface area contributed by atoms with E-state index in [4.69, 9.17) is 0 Å². The molecule has 1 saturated heterocycles. The Bertz CT molecular complexity index is 2030. The normalized spacial score (nSPS) is 27.6. The van der Waals surface area contributed by atoms with Gasteiger partial charge in [0.1, 0.15) is 11.5 Å². The lowest BCUT2D eigenvalue weighted by molar-refractivity contribution is -0.140. The molecule has 1 saturated carbocycles. The number of phenolic OH excluding ortho intramolecular Hbond substituents is 2. The minimum atomic E-state index is -1.30. The number of fused-ring (bicyclic) bond motifs is 4. The van der Waals surface area contributed by atoms with E-state index in [1.165, 1.54) is 11.0 Å². The van der Waals surface area contributed by atoms with Crippen molar-refractivity contribution in [2.24, 2.45) is 23.7 Å². The third-order valence-electron chi connectivity index (χ3n) is 11.3. The molecule has 0 spiro atoms. The van der Waals surface area contributed by atoms with Gasteiger partial charge in [0.2, 0.25) is 11.8 Å². The first-order chi connectivity index (χ1) is 23.8. The fourth-order valence-electron chi connectivity index (χ4n) is 9.11. The highest BCUT2D eigenvalue weighted by atomic mass is 16.3. The molecule has 2 amide bonds. The molecule has 3 aliphatic carbocycles. The average molecular weight is 650 g/mol. The van der Waals surface area contributed by atoms with Gasteiger partial charge in [-0.3, -0.25) is 24.1 Å².